The lowest BCUT2D eigenvalue weighted by Crippen LogP contribution is -2.33. The number of fused-ring (bicyclic) bond motifs is 2. The van der Waals surface area contributed by atoms with Crippen LogP contribution in [-0.4, -0.2) is 24.8 Å². The zero-order valence-corrected chi connectivity index (χ0v) is 5.87. The quantitative estimate of drug-likeness (QED) is 0.489. The third kappa shape index (κ3) is 0.777. The maximum atomic E-state index is 11.1. The normalized spacial score (nSPS) is 46.1. The van der Waals surface area contributed by atoms with Crippen molar-refractivity contribution >= 4 is 5.78 Å². The Balaban J connectivity index is 2.16. The standard InChI is InChI=1S/C7H10O3/c1-4-2-5(8)6-3-9-7(4)10-6/h4,6-7H,2-3H2,1H3. The van der Waals surface area contributed by atoms with Crippen LogP contribution in [0.1, 0.15) is 13.3 Å². The van der Waals surface area contributed by atoms with Crippen LogP contribution in [0.2, 0.25) is 0 Å². The van der Waals surface area contributed by atoms with E-state index in [1.54, 1.807) is 0 Å². The minimum atomic E-state index is -0.249. The van der Waals surface area contributed by atoms with E-state index < -0.39 is 0 Å². The molecule has 10 heavy (non-hydrogen) atoms. The van der Waals surface area contributed by atoms with Crippen molar-refractivity contribution in [2.24, 2.45) is 5.92 Å². The maximum Gasteiger partial charge on any atom is 0.164 e. The third-order valence-corrected chi connectivity index (χ3v) is 2.06. The molecular formula is C7H10O3. The summed E-state index contributed by atoms with van der Waals surface area (Å²) >= 11 is 0. The topological polar surface area (TPSA) is 35.5 Å². The third-order valence-electron chi connectivity index (χ3n) is 2.06. The van der Waals surface area contributed by atoms with Crippen LogP contribution >= 0.6 is 0 Å². The lowest BCUT2D eigenvalue weighted by atomic mass is 10.00. The Labute approximate surface area is 59.3 Å². The number of ketones is 1. The van der Waals surface area contributed by atoms with Gasteiger partial charge in [-0.25, -0.2) is 0 Å². The summed E-state index contributed by atoms with van der Waals surface area (Å²) in [7, 11) is 0. The van der Waals surface area contributed by atoms with Crippen molar-refractivity contribution in [1.82, 2.24) is 0 Å². The highest BCUT2D eigenvalue weighted by atomic mass is 16.7. The fraction of sp³-hybridized carbons (Fsp3) is 0.857. The minimum Gasteiger partial charge on any atom is -0.349 e. The summed E-state index contributed by atoms with van der Waals surface area (Å²) in [5.41, 5.74) is 0. The van der Waals surface area contributed by atoms with Crippen LogP contribution in [0.15, 0.2) is 0 Å². The van der Waals surface area contributed by atoms with Crippen molar-refractivity contribution in [2.45, 2.75) is 25.7 Å². The molecule has 0 spiro atoms. The molecule has 2 saturated heterocycles. The molecule has 56 valence electrons. The molecule has 0 amide bonds. The number of hydrogen-bond donors (Lipinski definition) is 0. The number of ether oxygens (including phenoxy) is 2. The Hall–Kier alpha value is -0.410. The average molecular weight is 142 g/mol. The predicted molar refractivity (Wildman–Crippen MR) is 33.4 cm³/mol. The Morgan fingerprint density at radius 1 is 1.60 bits per heavy atom. The van der Waals surface area contributed by atoms with Crippen LogP contribution in [0, 0.1) is 5.92 Å². The molecule has 0 aliphatic carbocycles. The molecule has 2 bridgehead atoms. The van der Waals surface area contributed by atoms with E-state index in [2.05, 4.69) is 0 Å². The largest absolute Gasteiger partial charge is 0.349 e. The smallest absolute Gasteiger partial charge is 0.164 e. The van der Waals surface area contributed by atoms with Crippen molar-refractivity contribution in [3.05, 3.63) is 0 Å². The van der Waals surface area contributed by atoms with Crippen molar-refractivity contribution in [1.29, 1.82) is 0 Å². The first-order chi connectivity index (χ1) is 4.77. The molecule has 3 nitrogen and oxygen atoms in total. The fourth-order valence-electron chi connectivity index (χ4n) is 1.43. The highest BCUT2D eigenvalue weighted by molar-refractivity contribution is 5.84. The second-order valence-electron chi connectivity index (χ2n) is 2.97. The molecule has 0 radical (unpaired) electrons. The fourth-order valence-corrected chi connectivity index (χ4v) is 1.43. The molecule has 2 aliphatic rings. The van der Waals surface area contributed by atoms with Crippen LogP contribution in [0.3, 0.4) is 0 Å². The van der Waals surface area contributed by atoms with Gasteiger partial charge in [0.1, 0.15) is 6.10 Å². The van der Waals surface area contributed by atoms with Gasteiger partial charge in [0.05, 0.1) is 6.61 Å². The van der Waals surface area contributed by atoms with Gasteiger partial charge in [0.2, 0.25) is 0 Å². The number of carbonyl (C=O) groups is 1. The van der Waals surface area contributed by atoms with E-state index in [1.165, 1.54) is 0 Å². The summed E-state index contributed by atoms with van der Waals surface area (Å²) in [5, 5.41) is 0. The second kappa shape index (κ2) is 2.04. The Morgan fingerprint density at radius 2 is 2.40 bits per heavy atom. The van der Waals surface area contributed by atoms with Gasteiger partial charge >= 0.3 is 0 Å². The first kappa shape index (κ1) is 6.31. The van der Waals surface area contributed by atoms with E-state index in [9.17, 15) is 4.79 Å². The van der Waals surface area contributed by atoms with Crippen molar-refractivity contribution in [2.75, 3.05) is 6.61 Å². The van der Waals surface area contributed by atoms with E-state index in [0.717, 1.165) is 0 Å². The molecule has 2 rings (SSSR count). The maximum absolute atomic E-state index is 11.1. The molecule has 3 unspecified atom stereocenters. The predicted octanol–water partition coefficient (Wildman–Crippen LogP) is 0.337. The number of carbonyl (C=O) groups excluding carboxylic acids is 1. The van der Waals surface area contributed by atoms with E-state index >= 15 is 0 Å². The van der Waals surface area contributed by atoms with E-state index in [1.807, 2.05) is 6.92 Å². The summed E-state index contributed by atoms with van der Waals surface area (Å²) in [4.78, 5) is 11.1. The zero-order chi connectivity index (χ0) is 7.14. The van der Waals surface area contributed by atoms with Crippen molar-refractivity contribution < 1.29 is 14.3 Å². The monoisotopic (exact) mass is 142 g/mol. The number of rotatable bonds is 0. The lowest BCUT2D eigenvalue weighted by molar-refractivity contribution is -0.150. The second-order valence-corrected chi connectivity index (χ2v) is 2.97. The molecule has 0 aromatic rings. The van der Waals surface area contributed by atoms with Gasteiger partial charge in [0, 0.05) is 12.3 Å². The van der Waals surface area contributed by atoms with Crippen LogP contribution in [-0.2, 0) is 14.3 Å². The van der Waals surface area contributed by atoms with Gasteiger partial charge in [-0.3, -0.25) is 4.79 Å². The van der Waals surface area contributed by atoms with Crippen molar-refractivity contribution in [3.8, 4) is 0 Å². The van der Waals surface area contributed by atoms with Gasteiger partial charge in [-0.2, -0.15) is 0 Å². The number of Topliss-reactive ketones (excluding diaryl/α,β-unsaturated/α-hetero) is 1. The Kier molecular flexibility index (Phi) is 1.28. The molecule has 0 saturated carbocycles. The van der Waals surface area contributed by atoms with Crippen LogP contribution in [0.4, 0.5) is 0 Å². The molecule has 0 N–H and O–H groups in total. The highest BCUT2D eigenvalue weighted by Gasteiger charge is 2.40. The van der Waals surface area contributed by atoms with Gasteiger partial charge in [0.15, 0.2) is 12.1 Å². The van der Waals surface area contributed by atoms with Gasteiger partial charge < -0.3 is 9.47 Å². The molecular weight excluding hydrogens is 132 g/mol. The summed E-state index contributed by atoms with van der Waals surface area (Å²) in [6.45, 7) is 2.44. The molecule has 2 aliphatic heterocycles. The molecule has 2 heterocycles. The van der Waals surface area contributed by atoms with Crippen LogP contribution < -0.4 is 0 Å². The van der Waals surface area contributed by atoms with Gasteiger partial charge in [-0.1, -0.05) is 6.92 Å². The SMILES string of the molecule is CC1CC(=O)C2COC1O2. The highest BCUT2D eigenvalue weighted by Crippen LogP contribution is 2.28. The molecule has 2 fully saturated rings. The van der Waals surface area contributed by atoms with E-state index in [0.29, 0.717) is 13.0 Å². The first-order valence-corrected chi connectivity index (χ1v) is 3.57. The summed E-state index contributed by atoms with van der Waals surface area (Å²) in [5.74, 6) is 0.438. The first-order valence-electron chi connectivity index (χ1n) is 3.57. The zero-order valence-electron chi connectivity index (χ0n) is 5.87. The molecule has 0 aromatic heterocycles. The van der Waals surface area contributed by atoms with Gasteiger partial charge in [0.25, 0.3) is 0 Å². The molecule has 3 atom stereocenters. The summed E-state index contributed by atoms with van der Waals surface area (Å²) in [6.07, 6.45) is 0.263. The number of hydrogen-bond acceptors (Lipinski definition) is 3. The Morgan fingerprint density at radius 3 is 3.20 bits per heavy atom. The molecule has 3 heteroatoms. The van der Waals surface area contributed by atoms with Gasteiger partial charge in [-0.15, -0.1) is 0 Å². The minimum absolute atomic E-state index is 0.109. The van der Waals surface area contributed by atoms with Gasteiger partial charge in [-0.05, 0) is 0 Å². The van der Waals surface area contributed by atoms with Crippen LogP contribution in [0.25, 0.3) is 0 Å². The summed E-state index contributed by atoms with van der Waals surface area (Å²) < 4.78 is 10.5. The lowest BCUT2D eigenvalue weighted by Gasteiger charge is -2.22. The average Bonchev–Trinajstić information content (AvgIpc) is 2.28. The van der Waals surface area contributed by atoms with Crippen molar-refractivity contribution in [3.63, 3.8) is 0 Å². The van der Waals surface area contributed by atoms with Crippen LogP contribution in [0.5, 0.6) is 0 Å². The van der Waals surface area contributed by atoms with E-state index in [-0.39, 0.29) is 24.1 Å². The Bertz CT molecular complexity index is 166. The van der Waals surface area contributed by atoms with E-state index in [4.69, 9.17) is 9.47 Å². The summed E-state index contributed by atoms with van der Waals surface area (Å²) in [6, 6.07) is 0. The molecule has 0 aromatic carbocycles.